The van der Waals surface area contributed by atoms with Crippen molar-refractivity contribution in [1.29, 1.82) is 0 Å². The summed E-state index contributed by atoms with van der Waals surface area (Å²) in [4.78, 5) is 25.6. The van der Waals surface area contributed by atoms with Gasteiger partial charge in [0.15, 0.2) is 0 Å². The Kier molecular flexibility index (Phi) is 5.27. The van der Waals surface area contributed by atoms with E-state index in [4.69, 9.17) is 0 Å². The van der Waals surface area contributed by atoms with E-state index in [2.05, 4.69) is 34.8 Å². The van der Waals surface area contributed by atoms with E-state index in [9.17, 15) is 9.90 Å². The first-order valence-electron chi connectivity index (χ1n) is 9.42. The standard InChI is InChI=1S/C19H30N4O2/c1-14(2)16-11-17(21-15(3)20-16)22-8-4-6-19(12-22)7-5-18(25)23(13-19)9-10-24/h11,14,24H,4-10,12-13H2,1-3H3. The molecule has 0 bridgehead atoms. The van der Waals surface area contributed by atoms with Crippen LogP contribution in [0.4, 0.5) is 5.82 Å². The van der Waals surface area contributed by atoms with Gasteiger partial charge in [-0.15, -0.1) is 0 Å². The Morgan fingerprint density at radius 2 is 2.08 bits per heavy atom. The molecule has 1 N–H and O–H groups in total. The fraction of sp³-hybridized carbons (Fsp3) is 0.737. The van der Waals surface area contributed by atoms with Gasteiger partial charge in [0.1, 0.15) is 11.6 Å². The summed E-state index contributed by atoms with van der Waals surface area (Å²) in [6, 6.07) is 2.12. The topological polar surface area (TPSA) is 69.6 Å². The molecule has 2 saturated heterocycles. The SMILES string of the molecule is Cc1nc(C(C)C)cc(N2CCCC3(CCC(=O)N(CCO)C3)C2)n1. The van der Waals surface area contributed by atoms with Crippen LogP contribution >= 0.6 is 0 Å². The minimum absolute atomic E-state index is 0.0361. The van der Waals surface area contributed by atoms with Crippen molar-refractivity contribution in [2.45, 2.75) is 52.4 Å². The molecule has 25 heavy (non-hydrogen) atoms. The van der Waals surface area contributed by atoms with Crippen molar-refractivity contribution in [2.75, 3.05) is 37.7 Å². The number of piperidine rings is 2. The van der Waals surface area contributed by atoms with Crippen LogP contribution in [0.5, 0.6) is 0 Å². The van der Waals surface area contributed by atoms with Gasteiger partial charge >= 0.3 is 0 Å². The summed E-state index contributed by atoms with van der Waals surface area (Å²) in [5, 5.41) is 9.24. The maximum Gasteiger partial charge on any atom is 0.222 e. The smallest absolute Gasteiger partial charge is 0.222 e. The van der Waals surface area contributed by atoms with E-state index in [1.54, 1.807) is 0 Å². The number of hydrogen-bond donors (Lipinski definition) is 1. The maximum atomic E-state index is 12.1. The number of likely N-dealkylation sites (tertiary alicyclic amines) is 1. The molecule has 0 radical (unpaired) electrons. The summed E-state index contributed by atoms with van der Waals surface area (Å²) in [6.07, 6.45) is 3.78. The van der Waals surface area contributed by atoms with Gasteiger partial charge in [-0.2, -0.15) is 0 Å². The maximum absolute atomic E-state index is 12.1. The molecule has 0 aliphatic carbocycles. The molecule has 0 saturated carbocycles. The number of carbonyl (C=O) groups excluding carboxylic acids is 1. The third-order valence-corrected chi connectivity index (χ3v) is 5.54. The molecule has 2 aliphatic rings. The molecule has 1 unspecified atom stereocenters. The minimum atomic E-state index is 0.0361. The van der Waals surface area contributed by atoms with E-state index in [-0.39, 0.29) is 17.9 Å². The summed E-state index contributed by atoms with van der Waals surface area (Å²) in [5.74, 6) is 2.39. The van der Waals surface area contributed by atoms with Crippen molar-refractivity contribution in [3.8, 4) is 0 Å². The van der Waals surface area contributed by atoms with Crippen LogP contribution in [-0.2, 0) is 4.79 Å². The molecule has 138 valence electrons. The number of hydrogen-bond acceptors (Lipinski definition) is 5. The second-order valence-electron chi connectivity index (χ2n) is 7.92. The van der Waals surface area contributed by atoms with Gasteiger partial charge in [-0.25, -0.2) is 9.97 Å². The number of aryl methyl sites for hydroxylation is 1. The lowest BCUT2D eigenvalue weighted by atomic mass is 9.73. The number of nitrogens with zero attached hydrogens (tertiary/aromatic N) is 4. The van der Waals surface area contributed by atoms with Crippen molar-refractivity contribution >= 4 is 11.7 Å². The average molecular weight is 346 g/mol. The van der Waals surface area contributed by atoms with Crippen LogP contribution in [0.3, 0.4) is 0 Å². The minimum Gasteiger partial charge on any atom is -0.395 e. The normalized spacial score (nSPS) is 24.4. The molecule has 2 fully saturated rings. The van der Waals surface area contributed by atoms with Crippen LogP contribution < -0.4 is 4.90 Å². The van der Waals surface area contributed by atoms with Crippen molar-refractivity contribution in [2.24, 2.45) is 5.41 Å². The van der Waals surface area contributed by atoms with E-state index in [0.29, 0.717) is 18.9 Å². The predicted molar refractivity (Wildman–Crippen MR) is 97.6 cm³/mol. The quantitative estimate of drug-likeness (QED) is 0.904. The number of aliphatic hydroxyl groups excluding tert-OH is 1. The fourth-order valence-electron chi connectivity index (χ4n) is 4.20. The highest BCUT2D eigenvalue weighted by Crippen LogP contribution is 2.40. The van der Waals surface area contributed by atoms with E-state index < -0.39 is 0 Å². The van der Waals surface area contributed by atoms with Crippen LogP contribution in [0.1, 0.15) is 57.0 Å². The summed E-state index contributed by atoms with van der Waals surface area (Å²) >= 11 is 0. The monoisotopic (exact) mass is 346 g/mol. The van der Waals surface area contributed by atoms with Gasteiger partial charge in [-0.3, -0.25) is 4.79 Å². The fourth-order valence-corrected chi connectivity index (χ4v) is 4.20. The third-order valence-electron chi connectivity index (χ3n) is 5.54. The number of aromatic nitrogens is 2. The molecule has 1 amide bonds. The highest BCUT2D eigenvalue weighted by molar-refractivity contribution is 5.77. The number of amides is 1. The molecule has 3 heterocycles. The van der Waals surface area contributed by atoms with Crippen LogP contribution in [0, 0.1) is 12.3 Å². The third kappa shape index (κ3) is 3.94. The molecule has 1 aromatic heterocycles. The molecule has 1 aromatic rings. The van der Waals surface area contributed by atoms with Crippen molar-refractivity contribution < 1.29 is 9.90 Å². The van der Waals surface area contributed by atoms with E-state index in [1.807, 2.05) is 11.8 Å². The number of β-amino-alcohol motifs (C(OH)–C–C–N with tert-alkyl or cyclic N) is 1. The Hall–Kier alpha value is -1.69. The largest absolute Gasteiger partial charge is 0.395 e. The summed E-state index contributed by atoms with van der Waals surface area (Å²) in [6.45, 7) is 9.44. The predicted octanol–water partition coefficient (Wildman–Crippen LogP) is 2.11. The first-order valence-corrected chi connectivity index (χ1v) is 9.42. The van der Waals surface area contributed by atoms with Crippen LogP contribution in [0.25, 0.3) is 0 Å². The Morgan fingerprint density at radius 1 is 1.28 bits per heavy atom. The molecule has 1 atom stereocenters. The first kappa shape index (κ1) is 18.1. The molecule has 0 aromatic carbocycles. The number of rotatable bonds is 4. The number of anilines is 1. The summed E-state index contributed by atoms with van der Waals surface area (Å²) in [5.41, 5.74) is 1.21. The van der Waals surface area contributed by atoms with Gasteiger partial charge in [0.05, 0.1) is 6.61 Å². The zero-order valence-corrected chi connectivity index (χ0v) is 15.7. The zero-order chi connectivity index (χ0) is 18.0. The van der Waals surface area contributed by atoms with Gasteiger partial charge in [-0.05, 0) is 32.1 Å². The number of carbonyl (C=O) groups is 1. The van der Waals surface area contributed by atoms with Crippen molar-refractivity contribution in [1.82, 2.24) is 14.9 Å². The lowest BCUT2D eigenvalue weighted by molar-refractivity contribution is -0.138. The lowest BCUT2D eigenvalue weighted by Crippen LogP contribution is -2.54. The summed E-state index contributed by atoms with van der Waals surface area (Å²) < 4.78 is 0. The Bertz CT molecular complexity index is 634. The zero-order valence-electron chi connectivity index (χ0n) is 15.7. The van der Waals surface area contributed by atoms with E-state index in [0.717, 1.165) is 56.2 Å². The van der Waals surface area contributed by atoms with Gasteiger partial charge in [-0.1, -0.05) is 13.8 Å². The Morgan fingerprint density at radius 3 is 2.80 bits per heavy atom. The Labute approximate surface area is 150 Å². The molecule has 6 heteroatoms. The van der Waals surface area contributed by atoms with Crippen LogP contribution in [0.2, 0.25) is 0 Å². The molecule has 1 spiro atoms. The first-order chi connectivity index (χ1) is 11.9. The van der Waals surface area contributed by atoms with Gasteiger partial charge in [0.25, 0.3) is 0 Å². The van der Waals surface area contributed by atoms with E-state index in [1.165, 1.54) is 0 Å². The van der Waals surface area contributed by atoms with Gasteiger partial charge < -0.3 is 14.9 Å². The van der Waals surface area contributed by atoms with E-state index >= 15 is 0 Å². The molecule has 3 rings (SSSR count). The average Bonchev–Trinajstić information content (AvgIpc) is 2.58. The highest BCUT2D eigenvalue weighted by Gasteiger charge is 2.41. The van der Waals surface area contributed by atoms with Crippen LogP contribution in [0.15, 0.2) is 6.07 Å². The second kappa shape index (κ2) is 7.28. The molecular formula is C19H30N4O2. The van der Waals surface area contributed by atoms with Crippen molar-refractivity contribution in [3.05, 3.63) is 17.6 Å². The highest BCUT2D eigenvalue weighted by atomic mass is 16.3. The van der Waals surface area contributed by atoms with Crippen molar-refractivity contribution in [3.63, 3.8) is 0 Å². The second-order valence-corrected chi connectivity index (χ2v) is 7.92. The molecular weight excluding hydrogens is 316 g/mol. The van der Waals surface area contributed by atoms with Gasteiger partial charge in [0, 0.05) is 49.8 Å². The molecule has 6 nitrogen and oxygen atoms in total. The summed E-state index contributed by atoms with van der Waals surface area (Å²) in [7, 11) is 0. The van der Waals surface area contributed by atoms with Crippen LogP contribution in [-0.4, -0.2) is 58.7 Å². The lowest BCUT2D eigenvalue weighted by Gasteiger charge is -2.48. The van der Waals surface area contributed by atoms with Gasteiger partial charge in [0.2, 0.25) is 5.91 Å². The number of aliphatic hydroxyl groups is 1. The Balaban J connectivity index is 1.80. The molecule has 2 aliphatic heterocycles.